The first-order chi connectivity index (χ1) is 6.74. The molecule has 0 amide bonds. The van der Waals surface area contributed by atoms with Crippen molar-refractivity contribution in [2.45, 2.75) is 12.5 Å². The van der Waals surface area contributed by atoms with Crippen LogP contribution in [-0.2, 0) is 6.42 Å². The summed E-state index contributed by atoms with van der Waals surface area (Å²) in [5, 5.41) is 9.61. The highest BCUT2D eigenvalue weighted by Gasteiger charge is 2.24. The van der Waals surface area contributed by atoms with Gasteiger partial charge in [-0.3, -0.25) is 0 Å². The van der Waals surface area contributed by atoms with E-state index in [9.17, 15) is 0 Å². The van der Waals surface area contributed by atoms with Crippen molar-refractivity contribution in [3.05, 3.63) is 27.7 Å². The zero-order valence-electron chi connectivity index (χ0n) is 7.26. The number of fused-ring (bicyclic) bond motifs is 1. The SMILES string of the molecule is N#Cc1cc(Br)c2c(c1)CC(CBr)O2. The number of benzene rings is 1. The normalized spacial score (nSPS) is 18.5. The molecule has 0 bridgehead atoms. The van der Waals surface area contributed by atoms with E-state index in [1.54, 1.807) is 6.07 Å². The van der Waals surface area contributed by atoms with E-state index in [-0.39, 0.29) is 6.10 Å². The Bertz CT molecular complexity index is 411. The van der Waals surface area contributed by atoms with E-state index in [1.165, 1.54) is 0 Å². The van der Waals surface area contributed by atoms with Crippen molar-refractivity contribution in [1.82, 2.24) is 0 Å². The Morgan fingerprint density at radius 1 is 1.57 bits per heavy atom. The number of nitriles is 1. The van der Waals surface area contributed by atoms with Crippen molar-refractivity contribution in [1.29, 1.82) is 5.26 Å². The molecule has 1 aliphatic heterocycles. The van der Waals surface area contributed by atoms with Crippen molar-refractivity contribution in [3.8, 4) is 11.8 Å². The van der Waals surface area contributed by atoms with Gasteiger partial charge in [-0.15, -0.1) is 0 Å². The van der Waals surface area contributed by atoms with Crippen molar-refractivity contribution in [2.75, 3.05) is 5.33 Å². The zero-order valence-corrected chi connectivity index (χ0v) is 10.4. The molecule has 0 aromatic heterocycles. The van der Waals surface area contributed by atoms with E-state index >= 15 is 0 Å². The van der Waals surface area contributed by atoms with Crippen LogP contribution in [0.15, 0.2) is 16.6 Å². The van der Waals surface area contributed by atoms with Crippen LogP contribution >= 0.6 is 31.9 Å². The second kappa shape index (κ2) is 3.92. The van der Waals surface area contributed by atoms with Crippen molar-refractivity contribution < 1.29 is 4.74 Å². The van der Waals surface area contributed by atoms with Gasteiger partial charge in [0.2, 0.25) is 0 Å². The lowest BCUT2D eigenvalue weighted by Gasteiger charge is -2.06. The minimum atomic E-state index is 0.190. The maximum atomic E-state index is 8.80. The summed E-state index contributed by atoms with van der Waals surface area (Å²) in [6.45, 7) is 0. The van der Waals surface area contributed by atoms with Gasteiger partial charge in [-0.2, -0.15) is 5.26 Å². The molecule has 4 heteroatoms. The smallest absolute Gasteiger partial charge is 0.137 e. The van der Waals surface area contributed by atoms with Crippen LogP contribution in [0.1, 0.15) is 11.1 Å². The van der Waals surface area contributed by atoms with Gasteiger partial charge in [0.05, 0.1) is 16.1 Å². The number of rotatable bonds is 1. The number of hydrogen-bond donors (Lipinski definition) is 0. The number of hydrogen-bond acceptors (Lipinski definition) is 2. The molecule has 14 heavy (non-hydrogen) atoms. The molecular weight excluding hydrogens is 310 g/mol. The third-order valence-corrected chi connectivity index (χ3v) is 3.47. The molecule has 0 spiro atoms. The molecule has 1 heterocycles. The molecule has 0 saturated carbocycles. The van der Waals surface area contributed by atoms with Crippen LogP contribution in [0.5, 0.6) is 5.75 Å². The largest absolute Gasteiger partial charge is 0.488 e. The van der Waals surface area contributed by atoms with E-state index < -0.39 is 0 Å². The van der Waals surface area contributed by atoms with Gasteiger partial charge in [-0.05, 0) is 28.1 Å². The average molecular weight is 317 g/mol. The Labute approximate surface area is 99.1 Å². The maximum Gasteiger partial charge on any atom is 0.137 e. The molecule has 1 unspecified atom stereocenters. The highest BCUT2D eigenvalue weighted by atomic mass is 79.9. The van der Waals surface area contributed by atoms with Crippen LogP contribution < -0.4 is 4.74 Å². The fraction of sp³-hybridized carbons (Fsp3) is 0.300. The highest BCUT2D eigenvalue weighted by molar-refractivity contribution is 9.10. The molecule has 0 radical (unpaired) electrons. The second-order valence-electron chi connectivity index (χ2n) is 3.16. The Hall–Kier alpha value is -0.530. The van der Waals surface area contributed by atoms with E-state index in [2.05, 4.69) is 37.9 Å². The van der Waals surface area contributed by atoms with Crippen LogP contribution in [0.4, 0.5) is 0 Å². The summed E-state index contributed by atoms with van der Waals surface area (Å²) in [7, 11) is 0. The molecule has 0 N–H and O–H groups in total. The summed E-state index contributed by atoms with van der Waals surface area (Å²) >= 11 is 6.79. The molecule has 2 nitrogen and oxygen atoms in total. The van der Waals surface area contributed by atoms with E-state index in [1.807, 2.05) is 6.07 Å². The summed E-state index contributed by atoms with van der Waals surface area (Å²) in [4.78, 5) is 0. The molecule has 0 fully saturated rings. The van der Waals surface area contributed by atoms with Crippen LogP contribution in [0.2, 0.25) is 0 Å². The monoisotopic (exact) mass is 315 g/mol. The molecule has 2 rings (SSSR count). The van der Waals surface area contributed by atoms with Crippen LogP contribution in [-0.4, -0.2) is 11.4 Å². The lowest BCUT2D eigenvalue weighted by atomic mass is 10.1. The highest BCUT2D eigenvalue weighted by Crippen LogP contribution is 2.37. The maximum absolute atomic E-state index is 8.80. The number of alkyl halides is 1. The van der Waals surface area contributed by atoms with Crippen LogP contribution in [0.25, 0.3) is 0 Å². The fourth-order valence-corrected chi connectivity index (χ4v) is 2.49. The molecule has 1 atom stereocenters. The topological polar surface area (TPSA) is 33.0 Å². The average Bonchev–Trinajstić information content (AvgIpc) is 2.61. The van der Waals surface area contributed by atoms with Gasteiger partial charge in [0.15, 0.2) is 0 Å². The van der Waals surface area contributed by atoms with Crippen molar-refractivity contribution in [3.63, 3.8) is 0 Å². The molecule has 1 aromatic rings. The first-order valence-electron chi connectivity index (χ1n) is 4.19. The number of nitrogens with zero attached hydrogens (tertiary/aromatic N) is 1. The molecule has 0 saturated heterocycles. The lowest BCUT2D eigenvalue weighted by molar-refractivity contribution is 0.259. The van der Waals surface area contributed by atoms with Gasteiger partial charge < -0.3 is 4.74 Å². The summed E-state index contributed by atoms with van der Waals surface area (Å²) in [6.07, 6.45) is 1.06. The molecule has 1 aromatic carbocycles. The molecule has 1 aliphatic rings. The predicted molar refractivity (Wildman–Crippen MR) is 60.8 cm³/mol. The predicted octanol–water partition coefficient (Wildman–Crippen LogP) is 3.02. The summed E-state index contributed by atoms with van der Waals surface area (Å²) in [6, 6.07) is 5.81. The third kappa shape index (κ3) is 1.67. The van der Waals surface area contributed by atoms with Gasteiger partial charge in [0.1, 0.15) is 11.9 Å². The number of ether oxygens (including phenoxy) is 1. The third-order valence-electron chi connectivity index (χ3n) is 2.15. The van der Waals surface area contributed by atoms with Gasteiger partial charge in [-0.1, -0.05) is 15.9 Å². The Kier molecular flexibility index (Phi) is 2.80. The summed E-state index contributed by atoms with van der Waals surface area (Å²) < 4.78 is 6.55. The van der Waals surface area contributed by atoms with Crippen molar-refractivity contribution >= 4 is 31.9 Å². The first-order valence-corrected chi connectivity index (χ1v) is 6.11. The summed E-state index contributed by atoms with van der Waals surface area (Å²) in [5.74, 6) is 0.883. The zero-order chi connectivity index (χ0) is 10.1. The summed E-state index contributed by atoms with van der Waals surface area (Å²) in [5.41, 5.74) is 1.79. The minimum Gasteiger partial charge on any atom is -0.488 e. The quantitative estimate of drug-likeness (QED) is 0.746. The second-order valence-corrected chi connectivity index (χ2v) is 4.66. The van der Waals surface area contributed by atoms with Crippen LogP contribution in [0.3, 0.4) is 0 Å². The Balaban J connectivity index is 2.43. The molecular formula is C10H7Br2NO. The first kappa shape index (κ1) is 10.0. The molecule has 0 aliphatic carbocycles. The number of halogens is 2. The van der Waals surface area contributed by atoms with Gasteiger partial charge in [0, 0.05) is 17.3 Å². The fourth-order valence-electron chi connectivity index (χ4n) is 1.54. The minimum absolute atomic E-state index is 0.190. The standard InChI is InChI=1S/C10H7Br2NO/c11-4-8-3-7-1-6(5-13)2-9(12)10(7)14-8/h1-2,8H,3-4H2. The Morgan fingerprint density at radius 2 is 2.36 bits per heavy atom. The lowest BCUT2D eigenvalue weighted by Crippen LogP contribution is -2.13. The Morgan fingerprint density at radius 3 is 3.00 bits per heavy atom. The van der Waals surface area contributed by atoms with E-state index in [4.69, 9.17) is 10.00 Å². The molecule has 72 valence electrons. The van der Waals surface area contributed by atoms with E-state index in [0.29, 0.717) is 5.56 Å². The van der Waals surface area contributed by atoms with Gasteiger partial charge in [-0.25, -0.2) is 0 Å². The van der Waals surface area contributed by atoms with E-state index in [0.717, 1.165) is 27.5 Å². The van der Waals surface area contributed by atoms with Crippen molar-refractivity contribution in [2.24, 2.45) is 0 Å². The van der Waals surface area contributed by atoms with Crippen LogP contribution in [0, 0.1) is 11.3 Å². The van der Waals surface area contributed by atoms with Gasteiger partial charge in [0.25, 0.3) is 0 Å². The van der Waals surface area contributed by atoms with Gasteiger partial charge >= 0.3 is 0 Å².